The largest absolute Gasteiger partial charge is 0.355 e. The van der Waals surface area contributed by atoms with Gasteiger partial charge in [0.15, 0.2) is 0 Å². The quantitative estimate of drug-likeness (QED) is 0.828. The molecule has 0 heterocycles. The van der Waals surface area contributed by atoms with Gasteiger partial charge in [-0.25, -0.2) is 0 Å². The van der Waals surface area contributed by atoms with Gasteiger partial charge >= 0.3 is 0 Å². The Hall–Kier alpha value is -0.280. The molecule has 2 rings (SSSR count). The fourth-order valence-corrected chi connectivity index (χ4v) is 3.45. The third kappa shape index (κ3) is 3.61. The lowest BCUT2D eigenvalue weighted by molar-refractivity contribution is -0.125. The van der Waals surface area contributed by atoms with E-state index in [9.17, 15) is 4.79 Å². The maximum atomic E-state index is 12.0. The first-order valence-electron chi connectivity index (χ1n) is 7.18. The average Bonchev–Trinajstić information content (AvgIpc) is 2.95. The summed E-state index contributed by atoms with van der Waals surface area (Å²) in [6.07, 6.45) is 9.30. The van der Waals surface area contributed by atoms with Crippen LogP contribution in [0.2, 0.25) is 0 Å². The Bertz CT molecular complexity index is 277. The van der Waals surface area contributed by atoms with E-state index in [1.54, 1.807) is 0 Å². The van der Waals surface area contributed by atoms with Crippen LogP contribution in [0.4, 0.5) is 0 Å². The van der Waals surface area contributed by atoms with Crippen molar-refractivity contribution in [2.75, 3.05) is 6.54 Å². The van der Waals surface area contributed by atoms with E-state index in [2.05, 4.69) is 12.2 Å². The Balaban J connectivity index is 0.00000162. The SMILES string of the molecule is CCC1(CNC(=O)C2CCC(N)C2)CCCC1.Cl. The van der Waals surface area contributed by atoms with Crippen LogP contribution in [0.3, 0.4) is 0 Å². The number of nitrogens with one attached hydrogen (secondary N) is 1. The van der Waals surface area contributed by atoms with Gasteiger partial charge in [-0.3, -0.25) is 4.79 Å². The Morgan fingerprint density at radius 2 is 2.00 bits per heavy atom. The second-order valence-electron chi connectivity index (χ2n) is 6.05. The van der Waals surface area contributed by atoms with Crippen molar-refractivity contribution in [3.05, 3.63) is 0 Å². The summed E-state index contributed by atoms with van der Waals surface area (Å²) in [5.74, 6) is 0.429. The van der Waals surface area contributed by atoms with Crippen LogP contribution in [-0.2, 0) is 4.79 Å². The van der Waals surface area contributed by atoms with Crippen molar-refractivity contribution in [2.24, 2.45) is 17.1 Å². The highest BCUT2D eigenvalue weighted by atomic mass is 35.5. The van der Waals surface area contributed by atoms with Gasteiger partial charge in [-0.2, -0.15) is 0 Å². The zero-order chi connectivity index (χ0) is 12.3. The molecule has 1 amide bonds. The minimum Gasteiger partial charge on any atom is -0.355 e. The molecule has 0 radical (unpaired) electrons. The Kier molecular flexibility index (Phi) is 5.93. The van der Waals surface area contributed by atoms with Crippen molar-refractivity contribution in [1.29, 1.82) is 0 Å². The molecule has 18 heavy (non-hydrogen) atoms. The fourth-order valence-electron chi connectivity index (χ4n) is 3.45. The van der Waals surface area contributed by atoms with Gasteiger partial charge in [0.05, 0.1) is 0 Å². The number of hydrogen-bond donors (Lipinski definition) is 2. The summed E-state index contributed by atoms with van der Waals surface area (Å²) in [5, 5.41) is 3.18. The van der Waals surface area contributed by atoms with Crippen LogP contribution in [0, 0.1) is 11.3 Å². The number of carbonyl (C=O) groups excluding carboxylic acids is 1. The average molecular weight is 275 g/mol. The monoisotopic (exact) mass is 274 g/mol. The van der Waals surface area contributed by atoms with Crippen molar-refractivity contribution in [2.45, 2.75) is 64.3 Å². The molecule has 0 bridgehead atoms. The third-order valence-electron chi connectivity index (χ3n) is 4.90. The molecule has 2 atom stereocenters. The summed E-state index contributed by atoms with van der Waals surface area (Å²) in [6, 6.07) is 0.248. The molecule has 106 valence electrons. The number of halogens is 1. The van der Waals surface area contributed by atoms with Crippen LogP contribution in [0.1, 0.15) is 58.3 Å². The fraction of sp³-hybridized carbons (Fsp3) is 0.929. The molecule has 2 fully saturated rings. The van der Waals surface area contributed by atoms with Crippen LogP contribution in [0.15, 0.2) is 0 Å². The number of hydrogen-bond acceptors (Lipinski definition) is 2. The molecule has 0 aliphatic heterocycles. The predicted molar refractivity (Wildman–Crippen MR) is 76.8 cm³/mol. The van der Waals surface area contributed by atoms with Gasteiger partial charge in [-0.05, 0) is 43.9 Å². The summed E-state index contributed by atoms with van der Waals surface area (Å²) in [6.45, 7) is 3.14. The minimum absolute atomic E-state index is 0. The molecule has 2 saturated carbocycles. The van der Waals surface area contributed by atoms with Crippen molar-refractivity contribution in [3.8, 4) is 0 Å². The highest BCUT2D eigenvalue weighted by Gasteiger charge is 2.34. The van der Waals surface area contributed by atoms with Gasteiger partial charge in [0, 0.05) is 18.5 Å². The van der Waals surface area contributed by atoms with Crippen LogP contribution >= 0.6 is 12.4 Å². The molecule has 0 aromatic rings. The van der Waals surface area contributed by atoms with Gasteiger partial charge in [0.2, 0.25) is 5.91 Å². The summed E-state index contributed by atoms with van der Waals surface area (Å²) < 4.78 is 0. The van der Waals surface area contributed by atoms with E-state index < -0.39 is 0 Å². The standard InChI is InChI=1S/C14H26N2O.ClH/c1-2-14(7-3-4-8-14)10-16-13(17)11-5-6-12(15)9-11;/h11-12H,2-10,15H2,1H3,(H,16,17);1H. The number of rotatable bonds is 4. The lowest BCUT2D eigenvalue weighted by atomic mass is 9.83. The number of amides is 1. The normalized spacial score (nSPS) is 29.9. The first-order valence-corrected chi connectivity index (χ1v) is 7.18. The van der Waals surface area contributed by atoms with Crippen LogP contribution < -0.4 is 11.1 Å². The second kappa shape index (κ2) is 6.76. The van der Waals surface area contributed by atoms with E-state index in [0.717, 1.165) is 25.8 Å². The van der Waals surface area contributed by atoms with E-state index in [1.807, 2.05) is 0 Å². The van der Waals surface area contributed by atoms with Gasteiger partial charge in [0.25, 0.3) is 0 Å². The summed E-state index contributed by atoms with van der Waals surface area (Å²) in [7, 11) is 0. The molecule has 0 spiro atoms. The molecular formula is C14H27ClN2O. The molecule has 3 N–H and O–H groups in total. The predicted octanol–water partition coefficient (Wildman–Crippen LogP) is 2.62. The van der Waals surface area contributed by atoms with Gasteiger partial charge in [-0.15, -0.1) is 12.4 Å². The third-order valence-corrected chi connectivity index (χ3v) is 4.90. The van der Waals surface area contributed by atoms with Gasteiger partial charge < -0.3 is 11.1 Å². The lowest BCUT2D eigenvalue weighted by Gasteiger charge is -2.28. The zero-order valence-corrected chi connectivity index (χ0v) is 12.2. The molecule has 2 unspecified atom stereocenters. The summed E-state index contributed by atoms with van der Waals surface area (Å²) in [5.41, 5.74) is 6.25. The lowest BCUT2D eigenvalue weighted by Crippen LogP contribution is -2.38. The van der Waals surface area contributed by atoms with Crippen molar-refractivity contribution >= 4 is 18.3 Å². The summed E-state index contributed by atoms with van der Waals surface area (Å²) >= 11 is 0. The van der Waals surface area contributed by atoms with E-state index in [0.29, 0.717) is 5.41 Å². The molecule has 0 saturated heterocycles. The smallest absolute Gasteiger partial charge is 0.223 e. The van der Waals surface area contributed by atoms with Crippen LogP contribution in [0.5, 0.6) is 0 Å². The zero-order valence-electron chi connectivity index (χ0n) is 11.4. The Morgan fingerprint density at radius 1 is 1.33 bits per heavy atom. The van der Waals surface area contributed by atoms with E-state index >= 15 is 0 Å². The Labute approximate surface area is 117 Å². The molecule has 0 aromatic carbocycles. The molecular weight excluding hydrogens is 248 g/mol. The topological polar surface area (TPSA) is 55.1 Å². The van der Waals surface area contributed by atoms with E-state index in [4.69, 9.17) is 5.73 Å². The summed E-state index contributed by atoms with van der Waals surface area (Å²) in [4.78, 5) is 12.0. The van der Waals surface area contributed by atoms with Gasteiger partial charge in [0.1, 0.15) is 0 Å². The van der Waals surface area contributed by atoms with Crippen molar-refractivity contribution < 1.29 is 4.79 Å². The minimum atomic E-state index is 0. The maximum absolute atomic E-state index is 12.0. The number of nitrogens with two attached hydrogens (primary N) is 1. The molecule has 2 aliphatic carbocycles. The van der Waals surface area contributed by atoms with E-state index in [-0.39, 0.29) is 30.3 Å². The van der Waals surface area contributed by atoms with Crippen LogP contribution in [0.25, 0.3) is 0 Å². The second-order valence-corrected chi connectivity index (χ2v) is 6.05. The molecule has 2 aliphatic rings. The van der Waals surface area contributed by atoms with Crippen LogP contribution in [-0.4, -0.2) is 18.5 Å². The van der Waals surface area contributed by atoms with Gasteiger partial charge in [-0.1, -0.05) is 19.8 Å². The highest BCUT2D eigenvalue weighted by Crippen LogP contribution is 2.40. The van der Waals surface area contributed by atoms with E-state index in [1.165, 1.54) is 32.1 Å². The first-order chi connectivity index (χ1) is 8.15. The molecule has 0 aromatic heterocycles. The molecule has 4 heteroatoms. The highest BCUT2D eigenvalue weighted by molar-refractivity contribution is 5.85. The Morgan fingerprint density at radius 3 is 2.50 bits per heavy atom. The van der Waals surface area contributed by atoms with Crippen molar-refractivity contribution in [3.63, 3.8) is 0 Å². The maximum Gasteiger partial charge on any atom is 0.223 e. The number of carbonyl (C=O) groups is 1. The van der Waals surface area contributed by atoms with Crippen molar-refractivity contribution in [1.82, 2.24) is 5.32 Å². The first kappa shape index (κ1) is 15.8. The molecule has 3 nitrogen and oxygen atoms in total.